The van der Waals surface area contributed by atoms with Gasteiger partial charge in [-0.3, -0.25) is 4.79 Å². The minimum Gasteiger partial charge on any atom is -0.497 e. The van der Waals surface area contributed by atoms with E-state index >= 15 is 0 Å². The van der Waals surface area contributed by atoms with Crippen LogP contribution in [0, 0.1) is 18.6 Å². The molecule has 0 atom stereocenters. The van der Waals surface area contributed by atoms with Crippen molar-refractivity contribution in [2.45, 2.75) is 6.92 Å². The Morgan fingerprint density at radius 2 is 1.74 bits per heavy atom. The Hall–Kier alpha value is -2.23. The molecule has 2 nitrogen and oxygen atoms in total. The highest BCUT2D eigenvalue weighted by Crippen LogP contribution is 2.32. The molecule has 0 aliphatic rings. The topological polar surface area (TPSA) is 26.3 Å². The highest BCUT2D eigenvalue weighted by atomic mass is 19.1. The molecular formula is C15H12F2O2. The summed E-state index contributed by atoms with van der Waals surface area (Å²) in [5.74, 6) is -1.33. The third-order valence-electron chi connectivity index (χ3n) is 2.92. The van der Waals surface area contributed by atoms with Crippen molar-refractivity contribution in [2.24, 2.45) is 0 Å². The van der Waals surface area contributed by atoms with Crippen molar-refractivity contribution in [2.75, 3.05) is 7.11 Å². The van der Waals surface area contributed by atoms with Gasteiger partial charge in [0.25, 0.3) is 0 Å². The average Bonchev–Trinajstić information content (AvgIpc) is 2.39. The van der Waals surface area contributed by atoms with E-state index in [1.165, 1.54) is 13.2 Å². The second-order valence-electron chi connectivity index (χ2n) is 4.16. The summed E-state index contributed by atoms with van der Waals surface area (Å²) in [6, 6.07) is 6.96. The zero-order chi connectivity index (χ0) is 14.0. The molecule has 0 amide bonds. The van der Waals surface area contributed by atoms with Crippen molar-refractivity contribution < 1.29 is 18.3 Å². The van der Waals surface area contributed by atoms with Crippen LogP contribution < -0.4 is 4.74 Å². The Balaban J connectivity index is 2.68. The van der Waals surface area contributed by atoms with Gasteiger partial charge < -0.3 is 4.74 Å². The average molecular weight is 262 g/mol. The zero-order valence-corrected chi connectivity index (χ0v) is 10.5. The number of rotatable bonds is 3. The van der Waals surface area contributed by atoms with Crippen molar-refractivity contribution in [3.05, 3.63) is 53.1 Å². The van der Waals surface area contributed by atoms with Crippen LogP contribution >= 0.6 is 0 Å². The van der Waals surface area contributed by atoms with Crippen LogP contribution in [0.25, 0.3) is 11.1 Å². The molecule has 0 unspecified atom stereocenters. The predicted molar refractivity (Wildman–Crippen MR) is 68.5 cm³/mol. The van der Waals surface area contributed by atoms with Crippen LogP contribution in [-0.2, 0) is 0 Å². The van der Waals surface area contributed by atoms with Gasteiger partial charge in [-0.05, 0) is 24.1 Å². The highest BCUT2D eigenvalue weighted by molar-refractivity contribution is 5.80. The van der Waals surface area contributed by atoms with Crippen LogP contribution in [0.15, 0.2) is 30.3 Å². The highest BCUT2D eigenvalue weighted by Gasteiger charge is 2.16. The number of carbonyl (C=O) groups is 1. The van der Waals surface area contributed by atoms with Gasteiger partial charge in [0.15, 0.2) is 0 Å². The maximum Gasteiger partial charge on any atom is 0.150 e. The monoisotopic (exact) mass is 262 g/mol. The van der Waals surface area contributed by atoms with Crippen LogP contribution in [0.3, 0.4) is 0 Å². The lowest BCUT2D eigenvalue weighted by atomic mass is 9.97. The molecule has 0 heterocycles. The van der Waals surface area contributed by atoms with Crippen LogP contribution in [0.1, 0.15) is 15.9 Å². The van der Waals surface area contributed by atoms with Gasteiger partial charge in [-0.15, -0.1) is 0 Å². The summed E-state index contributed by atoms with van der Waals surface area (Å²) in [6.45, 7) is 1.73. The number of aldehydes is 1. The summed E-state index contributed by atoms with van der Waals surface area (Å²) in [4.78, 5) is 10.8. The summed E-state index contributed by atoms with van der Waals surface area (Å²) in [5.41, 5.74) is 1.27. The van der Waals surface area contributed by atoms with Crippen molar-refractivity contribution >= 4 is 6.29 Å². The van der Waals surface area contributed by atoms with Crippen LogP contribution in [0.5, 0.6) is 5.75 Å². The van der Waals surface area contributed by atoms with E-state index in [4.69, 9.17) is 4.74 Å². The lowest BCUT2D eigenvalue weighted by molar-refractivity contribution is 0.112. The molecule has 4 heteroatoms. The molecule has 2 rings (SSSR count). The molecule has 0 aliphatic carbocycles. The number of methoxy groups -OCH3 is 1. The van der Waals surface area contributed by atoms with Gasteiger partial charge in [0.2, 0.25) is 0 Å². The number of aryl methyl sites for hydroxylation is 1. The first-order valence-corrected chi connectivity index (χ1v) is 5.66. The first-order chi connectivity index (χ1) is 9.06. The molecule has 2 aromatic carbocycles. The molecular weight excluding hydrogens is 250 g/mol. The summed E-state index contributed by atoms with van der Waals surface area (Å²) < 4.78 is 32.8. The van der Waals surface area contributed by atoms with Gasteiger partial charge in [-0.1, -0.05) is 12.1 Å². The van der Waals surface area contributed by atoms with Crippen LogP contribution in [-0.4, -0.2) is 13.4 Å². The molecule has 0 fully saturated rings. The Labute approximate surface area is 109 Å². The molecule has 0 aliphatic heterocycles. The molecule has 0 radical (unpaired) electrons. The van der Waals surface area contributed by atoms with E-state index in [1.54, 1.807) is 19.1 Å². The molecule has 0 spiro atoms. The minimum atomic E-state index is -0.719. The summed E-state index contributed by atoms with van der Waals surface area (Å²) >= 11 is 0. The van der Waals surface area contributed by atoms with E-state index in [1.807, 2.05) is 0 Å². The number of hydrogen-bond donors (Lipinski definition) is 0. The molecule has 0 bridgehead atoms. The fourth-order valence-corrected chi connectivity index (χ4v) is 1.91. The molecule has 98 valence electrons. The Morgan fingerprint density at radius 1 is 1.11 bits per heavy atom. The maximum atomic E-state index is 14.0. The second-order valence-corrected chi connectivity index (χ2v) is 4.16. The van der Waals surface area contributed by atoms with E-state index in [0.29, 0.717) is 23.0 Å². The van der Waals surface area contributed by atoms with Gasteiger partial charge in [-0.25, -0.2) is 8.78 Å². The lowest BCUT2D eigenvalue weighted by Crippen LogP contribution is -1.96. The number of ether oxygens (including phenoxy) is 1. The van der Waals surface area contributed by atoms with Crippen molar-refractivity contribution in [3.8, 4) is 16.9 Å². The number of benzene rings is 2. The lowest BCUT2D eigenvalue weighted by Gasteiger charge is -2.11. The fourth-order valence-electron chi connectivity index (χ4n) is 1.91. The number of halogens is 2. The maximum absolute atomic E-state index is 14.0. The molecule has 0 saturated carbocycles. The smallest absolute Gasteiger partial charge is 0.150 e. The van der Waals surface area contributed by atoms with E-state index in [2.05, 4.69) is 0 Å². The van der Waals surface area contributed by atoms with E-state index in [0.717, 1.165) is 12.1 Å². The fraction of sp³-hybridized carbons (Fsp3) is 0.133. The summed E-state index contributed by atoms with van der Waals surface area (Å²) in [6.07, 6.45) is 0.641. The van der Waals surface area contributed by atoms with Gasteiger partial charge in [-0.2, -0.15) is 0 Å². The third-order valence-corrected chi connectivity index (χ3v) is 2.92. The minimum absolute atomic E-state index is 0.114. The number of carbonyl (C=O) groups excluding carboxylic acids is 1. The Morgan fingerprint density at radius 3 is 2.26 bits per heavy atom. The Bertz CT molecular complexity index is 613. The largest absolute Gasteiger partial charge is 0.497 e. The predicted octanol–water partition coefficient (Wildman–Crippen LogP) is 3.76. The SMILES string of the molecule is COc1cc(F)c(-c2cc(C=O)ccc2C)c(F)c1. The third kappa shape index (κ3) is 2.47. The van der Waals surface area contributed by atoms with Gasteiger partial charge in [0.1, 0.15) is 23.7 Å². The van der Waals surface area contributed by atoms with Crippen LogP contribution in [0.2, 0.25) is 0 Å². The second kappa shape index (κ2) is 5.18. The van der Waals surface area contributed by atoms with Gasteiger partial charge in [0.05, 0.1) is 12.7 Å². The van der Waals surface area contributed by atoms with E-state index < -0.39 is 11.6 Å². The first-order valence-electron chi connectivity index (χ1n) is 5.66. The summed E-state index contributed by atoms with van der Waals surface area (Å²) in [7, 11) is 1.34. The zero-order valence-electron chi connectivity index (χ0n) is 10.5. The van der Waals surface area contributed by atoms with Crippen molar-refractivity contribution in [1.29, 1.82) is 0 Å². The molecule has 0 aromatic heterocycles. The Kier molecular flexibility index (Phi) is 3.60. The molecule has 0 saturated heterocycles. The quantitative estimate of drug-likeness (QED) is 0.787. The van der Waals surface area contributed by atoms with Crippen LogP contribution in [0.4, 0.5) is 8.78 Å². The van der Waals surface area contributed by atoms with Crippen molar-refractivity contribution in [3.63, 3.8) is 0 Å². The normalized spacial score (nSPS) is 10.3. The van der Waals surface area contributed by atoms with E-state index in [-0.39, 0.29) is 11.3 Å². The van der Waals surface area contributed by atoms with E-state index in [9.17, 15) is 13.6 Å². The van der Waals surface area contributed by atoms with Crippen molar-refractivity contribution in [1.82, 2.24) is 0 Å². The van der Waals surface area contributed by atoms with Gasteiger partial charge >= 0.3 is 0 Å². The molecule has 19 heavy (non-hydrogen) atoms. The first kappa shape index (κ1) is 13.2. The molecule has 0 N–H and O–H groups in total. The standard InChI is InChI=1S/C15H12F2O2/c1-9-3-4-10(8-18)5-12(9)15-13(16)6-11(19-2)7-14(15)17/h3-8H,1-2H3. The van der Waals surface area contributed by atoms with Gasteiger partial charge in [0, 0.05) is 17.7 Å². The molecule has 2 aromatic rings. The summed E-state index contributed by atoms with van der Waals surface area (Å²) in [5, 5.41) is 0. The number of hydrogen-bond acceptors (Lipinski definition) is 2.